The molecular formula is C24H22FN5O2. The molecule has 0 saturated heterocycles. The Hall–Kier alpha value is -4.04. The number of carbonyl (C=O) groups excluding carboxylic acids is 1. The number of urea groups is 1. The van der Waals surface area contributed by atoms with E-state index in [1.54, 1.807) is 36.5 Å². The van der Waals surface area contributed by atoms with E-state index in [0.717, 1.165) is 16.7 Å². The van der Waals surface area contributed by atoms with Crippen LogP contribution in [0.2, 0.25) is 0 Å². The normalized spacial score (nSPS) is 10.9. The molecule has 162 valence electrons. The zero-order valence-corrected chi connectivity index (χ0v) is 17.7. The largest absolute Gasteiger partial charge is 0.457 e. The van der Waals surface area contributed by atoms with Crippen molar-refractivity contribution in [2.75, 3.05) is 24.7 Å². The summed E-state index contributed by atoms with van der Waals surface area (Å²) >= 11 is 0. The van der Waals surface area contributed by atoms with Crippen molar-refractivity contribution in [2.24, 2.45) is 0 Å². The van der Waals surface area contributed by atoms with Crippen LogP contribution in [0.25, 0.3) is 11.0 Å². The summed E-state index contributed by atoms with van der Waals surface area (Å²) in [6, 6.07) is 17.7. The van der Waals surface area contributed by atoms with Crippen LogP contribution in [-0.4, -0.2) is 35.0 Å². The smallest absolute Gasteiger partial charge is 0.323 e. The molecule has 2 amide bonds. The second-order valence-corrected chi connectivity index (χ2v) is 7.47. The van der Waals surface area contributed by atoms with E-state index in [2.05, 4.69) is 20.6 Å². The third kappa shape index (κ3) is 5.55. The maximum absolute atomic E-state index is 13.2. The van der Waals surface area contributed by atoms with Crippen LogP contribution in [0, 0.1) is 5.82 Å². The number of halogens is 1. The van der Waals surface area contributed by atoms with Gasteiger partial charge in [-0.05, 0) is 68.7 Å². The Balaban J connectivity index is 1.40. The number of nitrogens with zero attached hydrogens (tertiary/aromatic N) is 3. The first kappa shape index (κ1) is 21.2. The second kappa shape index (κ2) is 9.40. The number of aromatic nitrogens is 2. The number of fused-ring (bicyclic) bond motifs is 1. The van der Waals surface area contributed by atoms with E-state index in [9.17, 15) is 9.18 Å². The summed E-state index contributed by atoms with van der Waals surface area (Å²) < 4.78 is 19.2. The van der Waals surface area contributed by atoms with Crippen molar-refractivity contribution in [2.45, 2.75) is 6.54 Å². The highest BCUT2D eigenvalue weighted by molar-refractivity contribution is 5.99. The Morgan fingerprint density at radius 2 is 1.69 bits per heavy atom. The van der Waals surface area contributed by atoms with Crippen LogP contribution in [0.5, 0.6) is 11.5 Å². The summed E-state index contributed by atoms with van der Waals surface area (Å²) in [5, 5.41) is 5.28. The third-order valence-electron chi connectivity index (χ3n) is 4.47. The fraction of sp³-hybridized carbons (Fsp3) is 0.125. The monoisotopic (exact) mass is 431 g/mol. The van der Waals surface area contributed by atoms with Gasteiger partial charge in [0.1, 0.15) is 17.3 Å². The topological polar surface area (TPSA) is 79.4 Å². The molecule has 7 nitrogen and oxygen atoms in total. The van der Waals surface area contributed by atoms with Gasteiger partial charge in [0.25, 0.3) is 0 Å². The lowest BCUT2D eigenvalue weighted by Crippen LogP contribution is -2.19. The zero-order chi connectivity index (χ0) is 22.5. The van der Waals surface area contributed by atoms with Crippen molar-refractivity contribution in [3.05, 3.63) is 84.4 Å². The fourth-order valence-corrected chi connectivity index (χ4v) is 3.10. The van der Waals surface area contributed by atoms with Crippen LogP contribution in [0.15, 0.2) is 72.9 Å². The van der Waals surface area contributed by atoms with Crippen molar-refractivity contribution in [1.29, 1.82) is 0 Å². The summed E-state index contributed by atoms with van der Waals surface area (Å²) in [5.41, 5.74) is 3.38. The van der Waals surface area contributed by atoms with Crippen molar-refractivity contribution in [1.82, 2.24) is 14.9 Å². The van der Waals surface area contributed by atoms with Gasteiger partial charge in [0.15, 0.2) is 0 Å². The van der Waals surface area contributed by atoms with Gasteiger partial charge in [0.2, 0.25) is 0 Å². The number of hydrogen-bond donors (Lipinski definition) is 2. The molecule has 0 fully saturated rings. The third-order valence-corrected chi connectivity index (χ3v) is 4.47. The summed E-state index contributed by atoms with van der Waals surface area (Å²) in [6.07, 6.45) is 1.78. The van der Waals surface area contributed by atoms with Gasteiger partial charge in [0, 0.05) is 24.0 Å². The lowest BCUT2D eigenvalue weighted by Gasteiger charge is -2.11. The summed E-state index contributed by atoms with van der Waals surface area (Å²) in [5.74, 6) is 0.828. The number of benzene rings is 3. The van der Waals surface area contributed by atoms with Gasteiger partial charge in [-0.25, -0.2) is 14.2 Å². The van der Waals surface area contributed by atoms with E-state index in [0.29, 0.717) is 29.4 Å². The number of carbonyl (C=O) groups is 1. The van der Waals surface area contributed by atoms with Gasteiger partial charge in [-0.3, -0.25) is 4.98 Å². The second-order valence-electron chi connectivity index (χ2n) is 7.47. The molecule has 4 rings (SSSR count). The molecule has 0 aliphatic heterocycles. The van der Waals surface area contributed by atoms with Gasteiger partial charge < -0.3 is 20.3 Å². The molecule has 1 aromatic heterocycles. The molecule has 8 heteroatoms. The van der Waals surface area contributed by atoms with E-state index < -0.39 is 11.8 Å². The number of nitrogens with one attached hydrogen (secondary N) is 2. The molecule has 0 saturated carbocycles. The lowest BCUT2D eigenvalue weighted by atomic mass is 10.2. The van der Waals surface area contributed by atoms with Crippen molar-refractivity contribution in [3.8, 4) is 11.5 Å². The van der Waals surface area contributed by atoms with Gasteiger partial charge in [-0.2, -0.15) is 0 Å². The summed E-state index contributed by atoms with van der Waals surface area (Å²) in [6.45, 7) is 0.704. The maximum atomic E-state index is 13.2. The first-order chi connectivity index (χ1) is 15.4. The number of ether oxygens (including phenoxy) is 1. The average molecular weight is 431 g/mol. The van der Waals surface area contributed by atoms with Crippen molar-refractivity contribution < 1.29 is 13.9 Å². The van der Waals surface area contributed by atoms with Crippen LogP contribution in [0.1, 0.15) is 5.69 Å². The minimum atomic E-state index is -0.467. The van der Waals surface area contributed by atoms with E-state index in [1.165, 1.54) is 18.2 Å². The number of amides is 2. The van der Waals surface area contributed by atoms with Crippen LogP contribution >= 0.6 is 0 Å². The lowest BCUT2D eigenvalue weighted by molar-refractivity contribution is 0.262. The van der Waals surface area contributed by atoms with Gasteiger partial charge in [0.05, 0.1) is 22.9 Å². The minimum Gasteiger partial charge on any atom is -0.457 e. The van der Waals surface area contributed by atoms with Crippen molar-refractivity contribution in [3.63, 3.8) is 0 Å². The fourth-order valence-electron chi connectivity index (χ4n) is 3.10. The Morgan fingerprint density at radius 1 is 0.938 bits per heavy atom. The summed E-state index contributed by atoms with van der Waals surface area (Å²) in [4.78, 5) is 23.2. The Morgan fingerprint density at radius 3 is 2.44 bits per heavy atom. The average Bonchev–Trinajstić information content (AvgIpc) is 2.74. The molecule has 0 aliphatic carbocycles. The van der Waals surface area contributed by atoms with Gasteiger partial charge in [-0.15, -0.1) is 0 Å². The quantitative estimate of drug-likeness (QED) is 0.435. The highest BCUT2D eigenvalue weighted by Crippen LogP contribution is 2.25. The summed E-state index contributed by atoms with van der Waals surface area (Å²) in [7, 11) is 3.96. The van der Waals surface area contributed by atoms with Gasteiger partial charge >= 0.3 is 6.03 Å². The number of rotatable bonds is 6. The molecule has 0 aliphatic rings. The van der Waals surface area contributed by atoms with Crippen LogP contribution in [0.4, 0.5) is 20.6 Å². The van der Waals surface area contributed by atoms with Crippen molar-refractivity contribution >= 4 is 28.4 Å². The molecule has 32 heavy (non-hydrogen) atoms. The molecule has 0 spiro atoms. The standard InChI is InChI=1S/C24H22FN5O2/c1-30(2)15-19-14-26-22-11-10-21(13-23(22)27-19)32-20-8-6-17(7-9-20)28-24(31)29-18-5-3-4-16(25)12-18/h3-14H,15H2,1-2H3,(H2,28,29,31). The predicted molar refractivity (Wildman–Crippen MR) is 122 cm³/mol. The Labute approximate surface area is 184 Å². The van der Waals surface area contributed by atoms with Crippen LogP contribution in [-0.2, 0) is 6.54 Å². The molecular weight excluding hydrogens is 409 g/mol. The van der Waals surface area contributed by atoms with E-state index >= 15 is 0 Å². The molecule has 0 atom stereocenters. The van der Waals surface area contributed by atoms with Gasteiger partial charge in [-0.1, -0.05) is 6.07 Å². The molecule has 1 heterocycles. The molecule has 2 N–H and O–H groups in total. The number of hydrogen-bond acceptors (Lipinski definition) is 5. The minimum absolute atomic E-state index is 0.371. The highest BCUT2D eigenvalue weighted by Gasteiger charge is 2.06. The maximum Gasteiger partial charge on any atom is 0.323 e. The first-order valence-corrected chi connectivity index (χ1v) is 9.96. The highest BCUT2D eigenvalue weighted by atomic mass is 19.1. The SMILES string of the molecule is CN(C)Cc1cnc2ccc(Oc3ccc(NC(=O)Nc4cccc(F)c4)cc3)cc2n1. The van der Waals surface area contributed by atoms with Crippen LogP contribution < -0.4 is 15.4 Å². The molecule has 0 unspecified atom stereocenters. The zero-order valence-electron chi connectivity index (χ0n) is 17.7. The molecule has 4 aromatic rings. The number of anilines is 2. The first-order valence-electron chi connectivity index (χ1n) is 9.96. The molecule has 3 aromatic carbocycles. The van der Waals surface area contributed by atoms with E-state index in [4.69, 9.17) is 4.74 Å². The Bertz CT molecular complexity index is 1240. The Kier molecular flexibility index (Phi) is 6.23. The van der Waals surface area contributed by atoms with E-state index in [-0.39, 0.29) is 0 Å². The van der Waals surface area contributed by atoms with E-state index in [1.807, 2.05) is 37.2 Å². The molecule has 0 bridgehead atoms. The molecule has 0 radical (unpaired) electrons. The predicted octanol–water partition coefficient (Wildman–Crippen LogP) is 5.27. The van der Waals surface area contributed by atoms with Crippen LogP contribution in [0.3, 0.4) is 0 Å².